The van der Waals surface area contributed by atoms with Crippen molar-refractivity contribution in [3.05, 3.63) is 35.9 Å². The van der Waals surface area contributed by atoms with Gasteiger partial charge in [0.1, 0.15) is 0 Å². The second kappa shape index (κ2) is 10.3. The summed E-state index contributed by atoms with van der Waals surface area (Å²) in [6.07, 6.45) is 0.381. The smallest absolute Gasteiger partial charge is 0.306 e. The van der Waals surface area contributed by atoms with Gasteiger partial charge in [-0.2, -0.15) is 0 Å². The Labute approximate surface area is 127 Å². The van der Waals surface area contributed by atoms with Gasteiger partial charge in [-0.1, -0.05) is 30.3 Å². The van der Waals surface area contributed by atoms with E-state index in [2.05, 4.69) is 17.0 Å². The Kier molecular flexibility index (Phi) is 8.66. The van der Waals surface area contributed by atoms with Crippen LogP contribution in [0.2, 0.25) is 0 Å². The van der Waals surface area contributed by atoms with Gasteiger partial charge >= 0.3 is 5.97 Å². The van der Waals surface area contributed by atoms with Gasteiger partial charge in [0.15, 0.2) is 0 Å². The lowest BCUT2D eigenvalue weighted by molar-refractivity contribution is -0.141. The molecule has 0 saturated carbocycles. The van der Waals surface area contributed by atoms with E-state index in [0.29, 0.717) is 26.1 Å². The Morgan fingerprint density at radius 3 is 2.52 bits per heavy atom. The molecule has 1 unspecified atom stereocenters. The molecule has 2 N–H and O–H groups in total. The third-order valence-electron chi connectivity index (χ3n) is 3.51. The maximum atomic E-state index is 11.3. The molecule has 0 heterocycles. The van der Waals surface area contributed by atoms with E-state index in [9.17, 15) is 4.79 Å². The Hall–Kier alpha value is -1.43. The van der Waals surface area contributed by atoms with Crippen molar-refractivity contribution in [3.63, 3.8) is 0 Å². The van der Waals surface area contributed by atoms with Crippen molar-refractivity contribution in [2.75, 3.05) is 47.0 Å². The molecule has 0 bridgehead atoms. The van der Waals surface area contributed by atoms with Gasteiger partial charge < -0.3 is 15.2 Å². The van der Waals surface area contributed by atoms with Crippen LogP contribution in [0.25, 0.3) is 0 Å². The lowest BCUT2D eigenvalue weighted by Crippen LogP contribution is -2.35. The van der Waals surface area contributed by atoms with Crippen LogP contribution in [0.3, 0.4) is 0 Å². The Balaban J connectivity index is 2.61. The summed E-state index contributed by atoms with van der Waals surface area (Å²) < 4.78 is 9.84. The average Bonchev–Trinajstić information content (AvgIpc) is 2.54. The van der Waals surface area contributed by atoms with Crippen molar-refractivity contribution in [2.45, 2.75) is 12.3 Å². The quantitative estimate of drug-likeness (QED) is 0.658. The van der Waals surface area contributed by atoms with Crippen LogP contribution in [-0.4, -0.2) is 57.9 Å². The molecule has 118 valence electrons. The summed E-state index contributed by atoms with van der Waals surface area (Å²) >= 11 is 0. The Bertz CT molecular complexity index is 398. The SMILES string of the molecule is COCCN(CCC(=O)OC)CC(CN)c1ccccc1. The number of methoxy groups -OCH3 is 2. The standard InChI is InChI=1S/C16H26N2O3/c1-20-11-10-18(9-8-16(19)21-2)13-15(12-17)14-6-4-3-5-7-14/h3-7,15H,8-13,17H2,1-2H3. The fraction of sp³-hybridized carbons (Fsp3) is 0.562. The molecule has 0 amide bonds. The summed E-state index contributed by atoms with van der Waals surface area (Å²) in [5, 5.41) is 0. The number of rotatable bonds is 10. The van der Waals surface area contributed by atoms with Gasteiger partial charge in [-0.3, -0.25) is 9.69 Å². The molecule has 5 nitrogen and oxygen atoms in total. The summed E-state index contributed by atoms with van der Waals surface area (Å²) in [5.41, 5.74) is 7.14. The second-order valence-corrected chi connectivity index (χ2v) is 4.96. The first-order valence-corrected chi connectivity index (χ1v) is 7.24. The first kappa shape index (κ1) is 17.6. The molecular formula is C16H26N2O3. The number of nitrogens with two attached hydrogens (primary N) is 1. The third-order valence-corrected chi connectivity index (χ3v) is 3.51. The molecule has 1 aromatic rings. The molecule has 0 fully saturated rings. The lowest BCUT2D eigenvalue weighted by Gasteiger charge is -2.26. The highest BCUT2D eigenvalue weighted by Gasteiger charge is 2.16. The minimum atomic E-state index is -0.193. The van der Waals surface area contributed by atoms with E-state index >= 15 is 0 Å². The van der Waals surface area contributed by atoms with Crippen LogP contribution in [-0.2, 0) is 14.3 Å². The zero-order valence-corrected chi connectivity index (χ0v) is 13.0. The van der Waals surface area contributed by atoms with Crippen LogP contribution in [0.1, 0.15) is 17.9 Å². The number of esters is 1. The molecular weight excluding hydrogens is 268 g/mol. The predicted molar refractivity (Wildman–Crippen MR) is 83.2 cm³/mol. The van der Waals surface area contributed by atoms with E-state index in [1.54, 1.807) is 7.11 Å². The van der Waals surface area contributed by atoms with Crippen molar-refractivity contribution in [3.8, 4) is 0 Å². The highest BCUT2D eigenvalue weighted by Crippen LogP contribution is 2.16. The van der Waals surface area contributed by atoms with Crippen molar-refractivity contribution >= 4 is 5.97 Å². The van der Waals surface area contributed by atoms with E-state index in [1.165, 1.54) is 12.7 Å². The minimum absolute atomic E-state index is 0.193. The maximum absolute atomic E-state index is 11.3. The number of ether oxygens (including phenoxy) is 2. The van der Waals surface area contributed by atoms with E-state index in [-0.39, 0.29) is 11.9 Å². The molecule has 0 spiro atoms. The van der Waals surface area contributed by atoms with Gasteiger partial charge in [-0.05, 0) is 5.56 Å². The summed E-state index contributed by atoms with van der Waals surface area (Å²) in [6.45, 7) is 3.44. The normalized spacial score (nSPS) is 12.4. The first-order valence-electron chi connectivity index (χ1n) is 7.24. The average molecular weight is 294 g/mol. The fourth-order valence-corrected chi connectivity index (χ4v) is 2.22. The highest BCUT2D eigenvalue weighted by molar-refractivity contribution is 5.69. The van der Waals surface area contributed by atoms with E-state index in [4.69, 9.17) is 15.2 Å². The van der Waals surface area contributed by atoms with Crippen LogP contribution in [0, 0.1) is 0 Å². The van der Waals surface area contributed by atoms with Gasteiger partial charge in [-0.25, -0.2) is 0 Å². The molecule has 1 atom stereocenters. The fourth-order valence-electron chi connectivity index (χ4n) is 2.22. The summed E-state index contributed by atoms with van der Waals surface area (Å²) in [7, 11) is 3.09. The Morgan fingerprint density at radius 2 is 1.95 bits per heavy atom. The van der Waals surface area contributed by atoms with Gasteiger partial charge in [0.2, 0.25) is 0 Å². The van der Waals surface area contributed by atoms with Gasteiger partial charge in [0.05, 0.1) is 20.1 Å². The van der Waals surface area contributed by atoms with Gasteiger partial charge in [0.25, 0.3) is 0 Å². The molecule has 0 aliphatic heterocycles. The van der Waals surface area contributed by atoms with Crippen LogP contribution in [0.4, 0.5) is 0 Å². The monoisotopic (exact) mass is 294 g/mol. The van der Waals surface area contributed by atoms with Crippen molar-refractivity contribution in [1.29, 1.82) is 0 Å². The van der Waals surface area contributed by atoms with E-state index in [1.807, 2.05) is 18.2 Å². The van der Waals surface area contributed by atoms with Crippen molar-refractivity contribution < 1.29 is 14.3 Å². The van der Waals surface area contributed by atoms with Crippen LogP contribution >= 0.6 is 0 Å². The number of benzene rings is 1. The molecule has 21 heavy (non-hydrogen) atoms. The highest BCUT2D eigenvalue weighted by atomic mass is 16.5. The lowest BCUT2D eigenvalue weighted by atomic mass is 9.98. The topological polar surface area (TPSA) is 64.8 Å². The zero-order chi connectivity index (χ0) is 15.5. The van der Waals surface area contributed by atoms with Crippen LogP contribution in [0.15, 0.2) is 30.3 Å². The van der Waals surface area contributed by atoms with E-state index < -0.39 is 0 Å². The Morgan fingerprint density at radius 1 is 1.24 bits per heavy atom. The molecule has 0 aliphatic rings. The molecule has 1 rings (SSSR count). The summed E-state index contributed by atoms with van der Waals surface area (Å²) in [6, 6.07) is 10.2. The van der Waals surface area contributed by atoms with Gasteiger partial charge in [0, 0.05) is 39.2 Å². The van der Waals surface area contributed by atoms with Gasteiger partial charge in [-0.15, -0.1) is 0 Å². The predicted octanol–water partition coefficient (Wildman–Crippen LogP) is 1.24. The number of carbonyl (C=O) groups excluding carboxylic acids is 1. The molecule has 0 aliphatic carbocycles. The maximum Gasteiger partial charge on any atom is 0.306 e. The minimum Gasteiger partial charge on any atom is -0.469 e. The molecule has 0 saturated heterocycles. The zero-order valence-electron chi connectivity index (χ0n) is 13.0. The van der Waals surface area contributed by atoms with Crippen LogP contribution in [0.5, 0.6) is 0 Å². The second-order valence-electron chi connectivity index (χ2n) is 4.96. The number of carbonyl (C=O) groups is 1. The molecule has 5 heteroatoms. The third kappa shape index (κ3) is 6.71. The number of hydrogen-bond acceptors (Lipinski definition) is 5. The molecule has 0 radical (unpaired) electrons. The number of nitrogens with zero attached hydrogens (tertiary/aromatic N) is 1. The largest absolute Gasteiger partial charge is 0.469 e. The number of hydrogen-bond donors (Lipinski definition) is 1. The summed E-state index contributed by atoms with van der Waals surface area (Å²) in [4.78, 5) is 13.5. The molecule has 0 aromatic heterocycles. The summed E-state index contributed by atoms with van der Waals surface area (Å²) in [5.74, 6) is 0.0575. The van der Waals surface area contributed by atoms with E-state index in [0.717, 1.165) is 13.1 Å². The first-order chi connectivity index (χ1) is 10.2. The molecule has 1 aromatic carbocycles. The van der Waals surface area contributed by atoms with Crippen molar-refractivity contribution in [2.24, 2.45) is 5.73 Å². The van der Waals surface area contributed by atoms with Crippen molar-refractivity contribution in [1.82, 2.24) is 4.90 Å². The van der Waals surface area contributed by atoms with Crippen LogP contribution < -0.4 is 5.73 Å².